The van der Waals surface area contributed by atoms with Crippen molar-refractivity contribution in [3.8, 4) is 38.6 Å². The van der Waals surface area contributed by atoms with Crippen molar-refractivity contribution in [2.24, 2.45) is 5.41 Å². The van der Waals surface area contributed by atoms with Crippen molar-refractivity contribution in [1.82, 2.24) is 40.5 Å². The van der Waals surface area contributed by atoms with E-state index in [0.717, 1.165) is 27.3 Å². The second-order valence-electron chi connectivity index (χ2n) is 15.1. The summed E-state index contributed by atoms with van der Waals surface area (Å²) < 4.78 is 12.9. The SMILES string of the molecule is Cc1ncsc1-c1ccc(CNC(=O)[C@@H]2C[C@@H](O)CN2C(=O)[C@@H](NC(=O)COCCOCCn2cc(-c3cc(-c4ccccc4O)nnc3N)cn2)C(C)(C)C)cc1. The number of aliphatic hydroxyl groups is 1. The number of phenols is 1. The standard InChI is InChI=1S/C41H49N9O7S/c1-25-36(58-24-44-25)27-11-9-26(10-12-27)19-43-39(54)33-17-29(51)22-50(33)40(55)37(41(2,3)4)46-35(53)23-57-16-15-56-14-13-49-21-28(20-45-49)31-18-32(47-48-38(31)42)30-7-5-6-8-34(30)52/h5-12,18,20-21,24,29,33,37,51-52H,13-17,19,22-23H2,1-4H3,(H2,42,48)(H,43,54)(H,46,53)/t29-,33+,37-/m1/s1. The number of hydrogen-bond donors (Lipinski definition) is 5. The van der Waals surface area contributed by atoms with Gasteiger partial charge < -0.3 is 41.0 Å². The number of para-hydroxylation sites is 1. The molecule has 0 spiro atoms. The molecular formula is C41H49N9O7S. The number of aliphatic hydroxyl groups excluding tert-OH is 1. The minimum absolute atomic E-state index is 0.0223. The van der Waals surface area contributed by atoms with Crippen LogP contribution in [0, 0.1) is 12.3 Å². The summed E-state index contributed by atoms with van der Waals surface area (Å²) in [6.45, 7) is 8.46. The molecule has 0 saturated carbocycles. The highest BCUT2D eigenvalue weighted by Gasteiger charge is 2.44. The topological polar surface area (TPSA) is 220 Å². The Bertz CT molecular complexity index is 2200. The van der Waals surface area contributed by atoms with Crippen LogP contribution in [0.15, 0.2) is 72.5 Å². The molecule has 0 unspecified atom stereocenters. The summed E-state index contributed by atoms with van der Waals surface area (Å²) in [4.78, 5) is 47.0. The van der Waals surface area contributed by atoms with E-state index in [0.29, 0.717) is 30.0 Å². The van der Waals surface area contributed by atoms with Gasteiger partial charge in [0.1, 0.15) is 24.4 Å². The minimum Gasteiger partial charge on any atom is -0.507 e. The average molecular weight is 812 g/mol. The Labute approximate surface area is 340 Å². The quantitative estimate of drug-likeness (QED) is 0.0904. The lowest BCUT2D eigenvalue weighted by Crippen LogP contribution is -2.58. The molecule has 1 aliphatic heterocycles. The molecular weight excluding hydrogens is 763 g/mol. The Kier molecular flexibility index (Phi) is 13.5. The maximum absolute atomic E-state index is 13.9. The Morgan fingerprint density at radius 3 is 2.50 bits per heavy atom. The number of nitrogens with two attached hydrogens (primary N) is 1. The third-order valence-electron chi connectivity index (χ3n) is 9.73. The van der Waals surface area contributed by atoms with Crippen LogP contribution in [0.3, 0.4) is 0 Å². The molecule has 16 nitrogen and oxygen atoms in total. The van der Waals surface area contributed by atoms with Crippen LogP contribution in [0.4, 0.5) is 5.82 Å². The summed E-state index contributed by atoms with van der Waals surface area (Å²) in [7, 11) is 0. The fourth-order valence-electron chi connectivity index (χ4n) is 6.60. The summed E-state index contributed by atoms with van der Waals surface area (Å²) in [5.74, 6) is -1.01. The van der Waals surface area contributed by atoms with E-state index in [1.165, 1.54) is 4.90 Å². The second kappa shape index (κ2) is 18.7. The molecule has 1 fully saturated rings. The predicted octanol–water partition coefficient (Wildman–Crippen LogP) is 3.57. The van der Waals surface area contributed by atoms with Gasteiger partial charge in [-0.3, -0.25) is 19.1 Å². The third-order valence-corrected chi connectivity index (χ3v) is 10.7. The molecule has 0 radical (unpaired) electrons. The van der Waals surface area contributed by atoms with Crippen LogP contribution in [-0.4, -0.2) is 109 Å². The highest BCUT2D eigenvalue weighted by molar-refractivity contribution is 7.13. The lowest BCUT2D eigenvalue weighted by atomic mass is 9.85. The van der Waals surface area contributed by atoms with Gasteiger partial charge in [0.25, 0.3) is 0 Å². The molecule has 6 rings (SSSR count). The molecule has 1 saturated heterocycles. The number of ether oxygens (including phenoxy) is 2. The number of nitrogens with one attached hydrogen (secondary N) is 2. The van der Waals surface area contributed by atoms with Crippen LogP contribution in [0.5, 0.6) is 5.75 Å². The van der Waals surface area contributed by atoms with E-state index in [9.17, 15) is 24.6 Å². The van der Waals surface area contributed by atoms with E-state index in [1.807, 2.05) is 63.7 Å². The number of aryl methyl sites for hydroxylation is 1. The molecule has 4 heterocycles. The van der Waals surface area contributed by atoms with Crippen LogP contribution >= 0.6 is 11.3 Å². The number of phenolic OH excluding ortho intramolecular Hbond substituents is 1. The second-order valence-corrected chi connectivity index (χ2v) is 16.0. The van der Waals surface area contributed by atoms with E-state index < -0.39 is 35.4 Å². The van der Waals surface area contributed by atoms with Crippen molar-refractivity contribution >= 4 is 34.9 Å². The zero-order valence-electron chi connectivity index (χ0n) is 32.9. The van der Waals surface area contributed by atoms with Crippen molar-refractivity contribution < 1.29 is 34.1 Å². The van der Waals surface area contributed by atoms with Crippen LogP contribution in [0.25, 0.3) is 32.8 Å². The number of carbonyl (C=O) groups excluding carboxylic acids is 3. The van der Waals surface area contributed by atoms with Gasteiger partial charge in [-0.25, -0.2) is 4.98 Å². The molecule has 1 aliphatic rings. The number of aromatic nitrogens is 5. The maximum atomic E-state index is 13.9. The first-order valence-corrected chi connectivity index (χ1v) is 19.8. The first kappa shape index (κ1) is 41.9. The number of hydrogen-bond acceptors (Lipinski definition) is 13. The van der Waals surface area contributed by atoms with Gasteiger partial charge >= 0.3 is 0 Å². The van der Waals surface area contributed by atoms with Gasteiger partial charge in [0.05, 0.1) is 60.4 Å². The predicted molar refractivity (Wildman–Crippen MR) is 218 cm³/mol. The van der Waals surface area contributed by atoms with Gasteiger partial charge in [0, 0.05) is 42.4 Å². The van der Waals surface area contributed by atoms with Gasteiger partial charge in [-0.2, -0.15) is 5.10 Å². The number of thiazole rings is 1. The van der Waals surface area contributed by atoms with E-state index in [1.54, 1.807) is 52.5 Å². The molecule has 0 aliphatic carbocycles. The lowest BCUT2D eigenvalue weighted by Gasteiger charge is -2.35. The van der Waals surface area contributed by atoms with Crippen molar-refractivity contribution in [1.29, 1.82) is 0 Å². The monoisotopic (exact) mass is 811 g/mol. The fourth-order valence-corrected chi connectivity index (χ4v) is 7.42. The molecule has 58 heavy (non-hydrogen) atoms. The van der Waals surface area contributed by atoms with Crippen LogP contribution in [0.2, 0.25) is 0 Å². The highest BCUT2D eigenvalue weighted by atomic mass is 32.1. The maximum Gasteiger partial charge on any atom is 0.246 e. The smallest absolute Gasteiger partial charge is 0.246 e. The lowest BCUT2D eigenvalue weighted by molar-refractivity contribution is -0.144. The number of aromatic hydroxyl groups is 1. The first-order valence-electron chi connectivity index (χ1n) is 18.9. The Morgan fingerprint density at radius 1 is 1.02 bits per heavy atom. The number of carbonyl (C=O) groups is 3. The number of nitrogen functional groups attached to an aromatic ring is 1. The number of β-amino-alcohol motifs (C(OH)–C–C–N with tert-alkyl or cyclic N) is 1. The molecule has 306 valence electrons. The minimum atomic E-state index is -0.975. The molecule has 0 bridgehead atoms. The van der Waals surface area contributed by atoms with Crippen LogP contribution in [0.1, 0.15) is 38.4 Å². The van der Waals surface area contributed by atoms with Gasteiger partial charge in [-0.1, -0.05) is 57.2 Å². The number of benzene rings is 2. The van der Waals surface area contributed by atoms with E-state index in [4.69, 9.17) is 15.2 Å². The van der Waals surface area contributed by atoms with Crippen LogP contribution < -0.4 is 16.4 Å². The molecule has 17 heteroatoms. The van der Waals surface area contributed by atoms with Gasteiger partial charge in [0.15, 0.2) is 5.82 Å². The molecule has 2 aromatic carbocycles. The van der Waals surface area contributed by atoms with E-state index in [-0.39, 0.29) is 56.8 Å². The summed E-state index contributed by atoms with van der Waals surface area (Å²) in [6, 6.07) is 14.6. The van der Waals surface area contributed by atoms with Crippen molar-refractivity contribution in [2.45, 2.75) is 65.4 Å². The van der Waals surface area contributed by atoms with E-state index in [2.05, 4.69) is 30.9 Å². The number of nitrogens with zero attached hydrogens (tertiary/aromatic N) is 6. The fraction of sp³-hybridized carbons (Fsp3) is 0.390. The first-order chi connectivity index (χ1) is 27.8. The third kappa shape index (κ3) is 10.4. The van der Waals surface area contributed by atoms with Gasteiger partial charge in [0.2, 0.25) is 17.7 Å². The molecule has 3 aromatic heterocycles. The van der Waals surface area contributed by atoms with Crippen molar-refractivity contribution in [2.75, 3.05) is 38.7 Å². The average Bonchev–Trinajstić information content (AvgIpc) is 3.95. The van der Waals surface area contributed by atoms with Crippen molar-refractivity contribution in [3.63, 3.8) is 0 Å². The van der Waals surface area contributed by atoms with Crippen LogP contribution in [-0.2, 0) is 36.9 Å². The summed E-state index contributed by atoms with van der Waals surface area (Å²) in [6.07, 6.45) is 2.68. The summed E-state index contributed by atoms with van der Waals surface area (Å²) in [5, 5.41) is 39.0. The number of anilines is 1. The Balaban J connectivity index is 0.933. The summed E-state index contributed by atoms with van der Waals surface area (Å²) in [5.41, 5.74) is 12.5. The van der Waals surface area contributed by atoms with E-state index >= 15 is 0 Å². The normalized spacial score (nSPS) is 16.0. The summed E-state index contributed by atoms with van der Waals surface area (Å²) >= 11 is 1.57. The van der Waals surface area contributed by atoms with Crippen molar-refractivity contribution in [3.05, 3.63) is 83.8 Å². The Morgan fingerprint density at radius 2 is 1.78 bits per heavy atom. The van der Waals surface area contributed by atoms with Gasteiger partial charge in [-0.05, 0) is 41.7 Å². The molecule has 6 N–H and O–H groups in total. The Hall–Kier alpha value is -5.75. The van der Waals surface area contributed by atoms with Gasteiger partial charge in [-0.15, -0.1) is 21.5 Å². The largest absolute Gasteiger partial charge is 0.507 e. The molecule has 5 aromatic rings. The molecule has 3 atom stereocenters. The zero-order chi connectivity index (χ0) is 41.4. The highest BCUT2D eigenvalue weighted by Crippen LogP contribution is 2.32. The number of amides is 3. The molecule has 3 amide bonds. The zero-order valence-corrected chi connectivity index (χ0v) is 33.7. The number of rotatable bonds is 16. The number of likely N-dealkylation sites (tertiary alicyclic amines) is 1.